The summed E-state index contributed by atoms with van der Waals surface area (Å²) in [5.41, 5.74) is 8.25. The summed E-state index contributed by atoms with van der Waals surface area (Å²) < 4.78 is 75.4. The van der Waals surface area contributed by atoms with Crippen LogP contribution in [0, 0.1) is 0 Å². The summed E-state index contributed by atoms with van der Waals surface area (Å²) in [6.07, 6.45) is -3.23. The van der Waals surface area contributed by atoms with Gasteiger partial charge in [-0.1, -0.05) is 17.2 Å². The second kappa shape index (κ2) is 22.2. The van der Waals surface area contributed by atoms with E-state index in [1.165, 1.54) is 30.9 Å². The fraction of sp³-hybridized carbons (Fsp3) is 0.581. The van der Waals surface area contributed by atoms with Crippen LogP contribution in [0.4, 0.5) is 0 Å². The van der Waals surface area contributed by atoms with E-state index in [1.807, 2.05) is 0 Å². The van der Waals surface area contributed by atoms with Crippen LogP contribution in [0.5, 0.6) is 11.5 Å². The Morgan fingerprint density at radius 3 is 2.00 bits per heavy atom. The monoisotopic (exact) mass is 770 g/mol. The van der Waals surface area contributed by atoms with Crippen LogP contribution in [0.15, 0.2) is 52.5 Å². The highest BCUT2D eigenvalue weighted by Gasteiger charge is 2.53. The van der Waals surface area contributed by atoms with Crippen molar-refractivity contribution in [3.8, 4) is 11.5 Å². The molecule has 1 aromatic heterocycles. The standard InChI is InChI=1S/C31H42N6O15S/c1-21(38)46-19-27-28(47-22(2)39)29(48-23(3)40)30(49-24(4)41)31(51-27)50-25-7-5-6-8-26(25)52-53(42,37-12-9-33-20-37)35-11-14-44-16-18-45-17-15-43-13-10-34-36-32/h5-9,12,20,27-31H,10-11,13-19H2,1-4H3/t27-,28+,29+,30-,31-,53?/m1/s1. The molecule has 1 fully saturated rings. The highest BCUT2D eigenvalue weighted by molar-refractivity contribution is 7.87. The van der Waals surface area contributed by atoms with Crippen molar-refractivity contribution < 1.29 is 70.2 Å². The summed E-state index contributed by atoms with van der Waals surface area (Å²) in [6, 6.07) is 6.00. The number of benzene rings is 1. The zero-order valence-corrected chi connectivity index (χ0v) is 30.3. The van der Waals surface area contributed by atoms with Crippen molar-refractivity contribution in [2.24, 2.45) is 9.48 Å². The molecule has 21 nitrogen and oxygen atoms in total. The van der Waals surface area contributed by atoms with Gasteiger partial charge in [0.25, 0.3) is 0 Å². The Morgan fingerprint density at radius 1 is 0.830 bits per heavy atom. The number of azide groups is 1. The number of esters is 4. The first kappa shape index (κ1) is 42.4. The van der Waals surface area contributed by atoms with Crippen molar-refractivity contribution >= 4 is 34.1 Å². The summed E-state index contributed by atoms with van der Waals surface area (Å²) >= 11 is 0. The lowest BCUT2D eigenvalue weighted by Gasteiger charge is -2.43. The average Bonchev–Trinajstić information content (AvgIpc) is 3.65. The molecule has 1 aromatic carbocycles. The predicted molar refractivity (Wildman–Crippen MR) is 179 cm³/mol. The van der Waals surface area contributed by atoms with Gasteiger partial charge in [-0.2, -0.15) is 8.57 Å². The number of imidazole rings is 1. The van der Waals surface area contributed by atoms with Crippen LogP contribution in [0.25, 0.3) is 10.4 Å². The summed E-state index contributed by atoms with van der Waals surface area (Å²) in [5, 5.41) is 3.36. The Hall–Kier alpha value is -4.99. The van der Waals surface area contributed by atoms with E-state index in [9.17, 15) is 23.4 Å². The SMILES string of the molecule is CC(=O)OC[C@H]1O[C@@H](Oc2ccccc2OS(=O)(=NCCOCCOCCOCCN=[N+]=[N-])n2ccnc2)[C@H](OC(C)=O)[C@@H](OC(C)=O)[C@H]1OC(C)=O. The van der Waals surface area contributed by atoms with Crippen LogP contribution in [0.3, 0.4) is 0 Å². The molecule has 22 heteroatoms. The molecule has 0 radical (unpaired) electrons. The van der Waals surface area contributed by atoms with Gasteiger partial charge in [-0.3, -0.25) is 19.2 Å². The lowest BCUT2D eigenvalue weighted by Crippen LogP contribution is -2.63. The molecule has 0 saturated carbocycles. The molecular weight excluding hydrogens is 728 g/mol. The molecule has 0 amide bonds. The zero-order chi connectivity index (χ0) is 38.6. The fourth-order valence-electron chi connectivity index (χ4n) is 4.57. The van der Waals surface area contributed by atoms with Crippen molar-refractivity contribution in [1.29, 1.82) is 0 Å². The third-order valence-corrected chi connectivity index (χ3v) is 8.27. The number of hydrogen-bond donors (Lipinski definition) is 0. The van der Waals surface area contributed by atoms with E-state index in [1.54, 1.807) is 12.1 Å². The highest BCUT2D eigenvalue weighted by atomic mass is 32.2. The molecule has 292 valence electrons. The van der Waals surface area contributed by atoms with Crippen molar-refractivity contribution in [3.05, 3.63) is 53.4 Å². The molecule has 6 atom stereocenters. The minimum atomic E-state index is -3.73. The van der Waals surface area contributed by atoms with Gasteiger partial charge in [0.15, 0.2) is 23.7 Å². The Balaban J connectivity index is 1.80. The van der Waals surface area contributed by atoms with Gasteiger partial charge in [0.2, 0.25) is 12.4 Å². The third-order valence-electron chi connectivity index (χ3n) is 6.62. The Labute approximate surface area is 305 Å². The van der Waals surface area contributed by atoms with Crippen LogP contribution in [-0.4, -0.2) is 127 Å². The highest BCUT2D eigenvalue weighted by Crippen LogP contribution is 2.35. The summed E-state index contributed by atoms with van der Waals surface area (Å²) in [5.74, 6) is -3.29. The molecule has 1 aliphatic rings. The van der Waals surface area contributed by atoms with Gasteiger partial charge in [0.05, 0.1) is 46.2 Å². The van der Waals surface area contributed by atoms with Crippen LogP contribution in [0.1, 0.15) is 27.7 Å². The van der Waals surface area contributed by atoms with Gasteiger partial charge in [-0.05, 0) is 17.7 Å². The van der Waals surface area contributed by atoms with Crippen LogP contribution in [-0.2, 0) is 67.3 Å². The van der Waals surface area contributed by atoms with Crippen molar-refractivity contribution in [2.75, 3.05) is 59.3 Å². The van der Waals surface area contributed by atoms with Crippen LogP contribution >= 0.6 is 0 Å². The van der Waals surface area contributed by atoms with Gasteiger partial charge < -0.3 is 46.8 Å². The third kappa shape index (κ3) is 14.5. The first-order valence-corrected chi connectivity index (χ1v) is 17.5. The van der Waals surface area contributed by atoms with Crippen molar-refractivity contribution in [1.82, 2.24) is 8.96 Å². The number of para-hydroxylation sites is 2. The quantitative estimate of drug-likeness (QED) is 0.0414. The van der Waals surface area contributed by atoms with Crippen LogP contribution < -0.4 is 8.92 Å². The van der Waals surface area contributed by atoms with Gasteiger partial charge in [0.1, 0.15) is 19.0 Å². The molecule has 3 rings (SSSR count). The predicted octanol–water partition coefficient (Wildman–Crippen LogP) is 1.93. The topological polar surface area (TPSA) is 257 Å². The maximum atomic E-state index is 14.2. The van der Waals surface area contributed by atoms with Gasteiger partial charge in [-0.25, -0.2) is 8.96 Å². The summed E-state index contributed by atoms with van der Waals surface area (Å²) in [6.45, 7) is 5.59. The molecule has 2 heterocycles. The molecule has 1 unspecified atom stereocenters. The number of nitrogens with zero attached hydrogens (tertiary/aromatic N) is 6. The molecule has 0 bridgehead atoms. The number of hydrogen-bond acceptors (Lipinski definition) is 18. The Morgan fingerprint density at radius 2 is 1.42 bits per heavy atom. The second-order valence-corrected chi connectivity index (χ2v) is 12.5. The maximum absolute atomic E-state index is 14.2. The molecule has 2 aromatic rings. The van der Waals surface area contributed by atoms with Gasteiger partial charge in [-0.15, -0.1) is 0 Å². The number of aromatic nitrogens is 2. The van der Waals surface area contributed by atoms with E-state index in [0.717, 1.165) is 31.7 Å². The normalized spacial score (nSPS) is 20.5. The molecular formula is C31H42N6O15S. The smallest absolute Gasteiger partial charge is 0.307 e. The number of carbonyl (C=O) groups is 4. The first-order chi connectivity index (χ1) is 25.4. The molecule has 0 N–H and O–H groups in total. The van der Waals surface area contributed by atoms with Gasteiger partial charge >= 0.3 is 34.1 Å². The second-order valence-electron chi connectivity index (χ2n) is 10.7. The van der Waals surface area contributed by atoms with E-state index in [4.69, 9.17) is 52.3 Å². The molecule has 53 heavy (non-hydrogen) atoms. The van der Waals surface area contributed by atoms with E-state index >= 15 is 0 Å². The van der Waals surface area contributed by atoms with Crippen molar-refractivity contribution in [2.45, 2.75) is 58.4 Å². The Kier molecular flexibility index (Phi) is 17.7. The molecule has 1 saturated heterocycles. The largest absolute Gasteiger partial charge is 0.463 e. The van der Waals surface area contributed by atoms with E-state index in [-0.39, 0.29) is 51.0 Å². The number of ether oxygens (including phenoxy) is 9. The number of rotatable bonds is 22. The molecule has 0 aliphatic carbocycles. The summed E-state index contributed by atoms with van der Waals surface area (Å²) in [7, 11) is -3.73. The lowest BCUT2D eigenvalue weighted by atomic mass is 9.98. The molecule has 1 aliphatic heterocycles. The number of carbonyl (C=O) groups excluding carboxylic acids is 4. The minimum Gasteiger partial charge on any atom is -0.463 e. The van der Waals surface area contributed by atoms with Crippen LogP contribution in [0.2, 0.25) is 0 Å². The van der Waals surface area contributed by atoms with Gasteiger partial charge in [0, 0.05) is 51.5 Å². The van der Waals surface area contributed by atoms with E-state index < -0.39 is 71.4 Å². The average molecular weight is 771 g/mol. The maximum Gasteiger partial charge on any atom is 0.307 e. The summed E-state index contributed by atoms with van der Waals surface area (Å²) in [4.78, 5) is 54.8. The Bertz CT molecular complexity index is 1660. The zero-order valence-electron chi connectivity index (χ0n) is 29.5. The van der Waals surface area contributed by atoms with Crippen molar-refractivity contribution in [3.63, 3.8) is 0 Å². The lowest BCUT2D eigenvalue weighted by molar-refractivity contribution is -0.288. The van der Waals surface area contributed by atoms with E-state index in [0.29, 0.717) is 13.2 Å². The molecule has 0 spiro atoms. The fourth-order valence-corrected chi connectivity index (χ4v) is 5.90. The first-order valence-electron chi connectivity index (χ1n) is 16.1. The van der Waals surface area contributed by atoms with E-state index in [2.05, 4.69) is 19.4 Å². The minimum absolute atomic E-state index is 0.0595.